The van der Waals surface area contributed by atoms with E-state index in [-0.39, 0.29) is 5.82 Å². The van der Waals surface area contributed by atoms with E-state index in [1.54, 1.807) is 6.07 Å². The minimum absolute atomic E-state index is 0.275. The Balaban J connectivity index is 2.08. The lowest BCUT2D eigenvalue weighted by molar-refractivity contribution is 0.328. The molecule has 0 aliphatic carbocycles. The monoisotopic (exact) mass is 271 g/mol. The van der Waals surface area contributed by atoms with Crippen LogP contribution in [0.25, 0.3) is 22.6 Å². The van der Waals surface area contributed by atoms with Gasteiger partial charge in [0, 0.05) is 11.6 Å². The van der Waals surface area contributed by atoms with E-state index >= 15 is 0 Å². The van der Waals surface area contributed by atoms with Crippen molar-refractivity contribution in [1.29, 1.82) is 0 Å². The molecule has 0 bridgehead atoms. The zero-order valence-electron chi connectivity index (χ0n) is 11.3. The average Bonchev–Trinajstić information content (AvgIpc) is 2.81. The van der Waals surface area contributed by atoms with Gasteiger partial charge >= 0.3 is 0 Å². The topological polar surface area (TPSA) is 50.8 Å². The van der Waals surface area contributed by atoms with Crippen LogP contribution < -0.4 is 4.74 Å². The molecule has 3 aromatic rings. The normalized spacial score (nSPS) is 10.9. The molecule has 1 aromatic carbocycles. The third-order valence-corrected chi connectivity index (χ3v) is 2.93. The number of ether oxygens (including phenoxy) is 1. The molecular weight excluding hydrogens is 257 g/mol. The summed E-state index contributed by atoms with van der Waals surface area (Å²) in [4.78, 5) is 11.8. The van der Waals surface area contributed by atoms with Crippen molar-refractivity contribution >= 4 is 11.2 Å². The smallest absolute Gasteiger partial charge is 0.215 e. The molecule has 0 aliphatic rings. The number of pyridine rings is 1. The van der Waals surface area contributed by atoms with Gasteiger partial charge in [-0.15, -0.1) is 0 Å². The number of rotatable bonds is 3. The van der Waals surface area contributed by atoms with Crippen LogP contribution in [0.15, 0.2) is 30.3 Å². The van der Waals surface area contributed by atoms with Crippen LogP contribution in [0.4, 0.5) is 4.39 Å². The lowest BCUT2D eigenvalue weighted by Gasteiger charge is -1.99. The van der Waals surface area contributed by atoms with Crippen molar-refractivity contribution in [2.24, 2.45) is 0 Å². The van der Waals surface area contributed by atoms with Gasteiger partial charge in [-0.05, 0) is 43.7 Å². The summed E-state index contributed by atoms with van der Waals surface area (Å²) in [5.41, 5.74) is 2.92. The molecule has 0 unspecified atom stereocenters. The fourth-order valence-corrected chi connectivity index (χ4v) is 2.11. The first-order chi connectivity index (χ1) is 9.65. The Hall–Kier alpha value is -2.43. The predicted molar refractivity (Wildman–Crippen MR) is 75.2 cm³/mol. The molecule has 0 spiro atoms. The van der Waals surface area contributed by atoms with Gasteiger partial charge in [0.05, 0.1) is 12.1 Å². The first-order valence-electron chi connectivity index (χ1n) is 6.43. The highest BCUT2D eigenvalue weighted by atomic mass is 19.1. The molecule has 2 heterocycles. The highest BCUT2D eigenvalue weighted by Crippen LogP contribution is 2.23. The Morgan fingerprint density at radius 2 is 2.05 bits per heavy atom. The second-order valence-corrected chi connectivity index (χ2v) is 4.56. The van der Waals surface area contributed by atoms with Gasteiger partial charge in [-0.1, -0.05) is 0 Å². The van der Waals surface area contributed by atoms with Crippen LogP contribution in [0.2, 0.25) is 0 Å². The van der Waals surface area contributed by atoms with Crippen molar-refractivity contribution in [3.05, 3.63) is 41.7 Å². The standard InChI is InChI=1S/C15H14FN3O/c1-3-20-13-5-4-12-15(18-13)19-14(17-12)10-6-9(2)7-11(16)8-10/h4-8H,3H2,1-2H3,(H,17,18,19). The molecule has 3 rings (SSSR count). The average molecular weight is 271 g/mol. The molecule has 0 atom stereocenters. The summed E-state index contributed by atoms with van der Waals surface area (Å²) in [6.07, 6.45) is 0. The molecule has 0 amide bonds. The first kappa shape index (κ1) is 12.6. The number of imidazole rings is 1. The van der Waals surface area contributed by atoms with Gasteiger partial charge in [-0.2, -0.15) is 4.98 Å². The van der Waals surface area contributed by atoms with Crippen LogP contribution >= 0.6 is 0 Å². The lowest BCUT2D eigenvalue weighted by Crippen LogP contribution is -1.93. The number of hydrogen-bond acceptors (Lipinski definition) is 3. The van der Waals surface area contributed by atoms with E-state index < -0.39 is 0 Å². The van der Waals surface area contributed by atoms with Crippen molar-refractivity contribution in [3.8, 4) is 17.3 Å². The van der Waals surface area contributed by atoms with Crippen molar-refractivity contribution in [2.45, 2.75) is 13.8 Å². The number of hydrogen-bond donors (Lipinski definition) is 1. The number of aromatic amines is 1. The van der Waals surface area contributed by atoms with Crippen LogP contribution in [0, 0.1) is 12.7 Å². The molecule has 5 heteroatoms. The molecular formula is C15H14FN3O. The van der Waals surface area contributed by atoms with E-state index in [2.05, 4.69) is 15.0 Å². The van der Waals surface area contributed by atoms with Crippen LogP contribution in [0.1, 0.15) is 12.5 Å². The second kappa shape index (κ2) is 4.92. The maximum atomic E-state index is 13.5. The van der Waals surface area contributed by atoms with E-state index in [0.717, 1.165) is 11.1 Å². The molecule has 0 aliphatic heterocycles. The van der Waals surface area contributed by atoms with Crippen LogP contribution in [0.3, 0.4) is 0 Å². The number of nitrogens with zero attached hydrogens (tertiary/aromatic N) is 2. The number of benzene rings is 1. The maximum Gasteiger partial charge on any atom is 0.215 e. The first-order valence-corrected chi connectivity index (χ1v) is 6.43. The zero-order chi connectivity index (χ0) is 14.1. The molecule has 102 valence electrons. The quantitative estimate of drug-likeness (QED) is 0.793. The summed E-state index contributed by atoms with van der Waals surface area (Å²) in [6.45, 7) is 4.30. The molecule has 1 N–H and O–H groups in total. The van der Waals surface area contributed by atoms with Gasteiger partial charge in [0.1, 0.15) is 11.6 Å². The molecule has 20 heavy (non-hydrogen) atoms. The number of H-pyrrole nitrogens is 1. The van der Waals surface area contributed by atoms with E-state index in [0.29, 0.717) is 29.5 Å². The minimum Gasteiger partial charge on any atom is -0.478 e. The fraction of sp³-hybridized carbons (Fsp3) is 0.200. The van der Waals surface area contributed by atoms with Gasteiger partial charge in [0.2, 0.25) is 5.88 Å². The van der Waals surface area contributed by atoms with Gasteiger partial charge in [0.25, 0.3) is 0 Å². The van der Waals surface area contributed by atoms with E-state index in [4.69, 9.17) is 4.74 Å². The SMILES string of the molecule is CCOc1ccc2[nH]c(-c3cc(C)cc(F)c3)nc2n1. The maximum absolute atomic E-state index is 13.5. The Bertz CT molecular complexity index is 747. The van der Waals surface area contributed by atoms with Crippen molar-refractivity contribution < 1.29 is 9.13 Å². The van der Waals surface area contributed by atoms with Crippen LogP contribution in [-0.4, -0.2) is 21.6 Å². The Morgan fingerprint density at radius 1 is 1.20 bits per heavy atom. The second-order valence-electron chi connectivity index (χ2n) is 4.56. The molecule has 2 aromatic heterocycles. The van der Waals surface area contributed by atoms with E-state index in [9.17, 15) is 4.39 Å². The van der Waals surface area contributed by atoms with Crippen molar-refractivity contribution in [1.82, 2.24) is 15.0 Å². The largest absolute Gasteiger partial charge is 0.478 e. The molecule has 0 radical (unpaired) electrons. The summed E-state index contributed by atoms with van der Waals surface area (Å²) in [6, 6.07) is 8.45. The number of halogens is 1. The van der Waals surface area contributed by atoms with Crippen LogP contribution in [0.5, 0.6) is 5.88 Å². The van der Waals surface area contributed by atoms with Crippen molar-refractivity contribution in [2.75, 3.05) is 6.61 Å². The summed E-state index contributed by atoms with van der Waals surface area (Å²) in [5, 5.41) is 0. The van der Waals surface area contributed by atoms with E-state index in [1.165, 1.54) is 12.1 Å². The van der Waals surface area contributed by atoms with Crippen LogP contribution in [-0.2, 0) is 0 Å². The molecule has 0 saturated carbocycles. The Labute approximate surface area is 115 Å². The fourth-order valence-electron chi connectivity index (χ4n) is 2.11. The number of nitrogens with one attached hydrogen (secondary N) is 1. The van der Waals surface area contributed by atoms with Gasteiger partial charge in [-0.25, -0.2) is 9.37 Å². The number of aromatic nitrogens is 3. The Morgan fingerprint density at radius 3 is 2.80 bits per heavy atom. The number of aryl methyl sites for hydroxylation is 1. The lowest BCUT2D eigenvalue weighted by atomic mass is 10.1. The minimum atomic E-state index is -0.275. The van der Waals surface area contributed by atoms with Gasteiger partial charge in [0.15, 0.2) is 5.65 Å². The molecule has 4 nitrogen and oxygen atoms in total. The third kappa shape index (κ3) is 2.34. The third-order valence-electron chi connectivity index (χ3n) is 2.93. The van der Waals surface area contributed by atoms with Crippen molar-refractivity contribution in [3.63, 3.8) is 0 Å². The zero-order valence-corrected chi connectivity index (χ0v) is 11.3. The summed E-state index contributed by atoms with van der Waals surface area (Å²) in [5.74, 6) is 0.862. The highest BCUT2D eigenvalue weighted by molar-refractivity contribution is 5.76. The highest BCUT2D eigenvalue weighted by Gasteiger charge is 2.09. The van der Waals surface area contributed by atoms with Gasteiger partial charge in [-0.3, -0.25) is 0 Å². The number of fused-ring (bicyclic) bond motifs is 1. The summed E-state index contributed by atoms with van der Waals surface area (Å²) < 4.78 is 18.8. The predicted octanol–water partition coefficient (Wildman–Crippen LogP) is 3.47. The molecule has 0 saturated heterocycles. The Kier molecular flexibility index (Phi) is 3.10. The summed E-state index contributed by atoms with van der Waals surface area (Å²) >= 11 is 0. The summed E-state index contributed by atoms with van der Waals surface area (Å²) in [7, 11) is 0. The molecule has 0 fully saturated rings. The van der Waals surface area contributed by atoms with E-state index in [1.807, 2.05) is 26.0 Å². The van der Waals surface area contributed by atoms with Gasteiger partial charge < -0.3 is 9.72 Å².